The van der Waals surface area contributed by atoms with Crippen molar-refractivity contribution in [1.82, 2.24) is 25.4 Å². The SMILES string of the molecule is C[C@@H](NCC(=O)NC[C@H]1CCN(c2ccccc2)C1)c1nnc2n1CCCC2. The maximum Gasteiger partial charge on any atom is 0.233 e. The van der Waals surface area contributed by atoms with Crippen LogP contribution >= 0.6 is 0 Å². The highest BCUT2D eigenvalue weighted by Crippen LogP contribution is 2.23. The van der Waals surface area contributed by atoms with Crippen LogP contribution in [0.5, 0.6) is 0 Å². The predicted molar refractivity (Wildman–Crippen MR) is 109 cm³/mol. The number of carbonyl (C=O) groups is 1. The summed E-state index contributed by atoms with van der Waals surface area (Å²) < 4.78 is 2.20. The van der Waals surface area contributed by atoms with Crippen LogP contribution in [0.25, 0.3) is 0 Å². The Morgan fingerprint density at radius 1 is 1.21 bits per heavy atom. The van der Waals surface area contributed by atoms with Gasteiger partial charge in [0.1, 0.15) is 11.6 Å². The zero-order valence-corrected chi connectivity index (χ0v) is 16.6. The van der Waals surface area contributed by atoms with Crippen LogP contribution in [0.3, 0.4) is 0 Å². The highest BCUT2D eigenvalue weighted by atomic mass is 16.1. The molecule has 7 heteroatoms. The zero-order valence-electron chi connectivity index (χ0n) is 16.6. The van der Waals surface area contributed by atoms with Gasteiger partial charge in [-0.1, -0.05) is 18.2 Å². The van der Waals surface area contributed by atoms with Gasteiger partial charge in [-0.15, -0.1) is 10.2 Å². The molecule has 2 atom stereocenters. The Morgan fingerprint density at radius 3 is 2.93 bits per heavy atom. The molecule has 150 valence electrons. The average Bonchev–Trinajstić information content (AvgIpc) is 3.38. The predicted octanol–water partition coefficient (Wildman–Crippen LogP) is 1.91. The second-order valence-electron chi connectivity index (χ2n) is 7.93. The van der Waals surface area contributed by atoms with Gasteiger partial charge in [0.25, 0.3) is 0 Å². The lowest BCUT2D eigenvalue weighted by atomic mass is 10.1. The highest BCUT2D eigenvalue weighted by Gasteiger charge is 2.23. The van der Waals surface area contributed by atoms with Gasteiger partial charge in [0.05, 0.1) is 12.6 Å². The Morgan fingerprint density at radius 2 is 2.07 bits per heavy atom. The van der Waals surface area contributed by atoms with E-state index in [4.69, 9.17) is 0 Å². The van der Waals surface area contributed by atoms with Crippen molar-refractivity contribution >= 4 is 11.6 Å². The number of benzene rings is 1. The van der Waals surface area contributed by atoms with Gasteiger partial charge in [0, 0.05) is 38.3 Å². The lowest BCUT2D eigenvalue weighted by Crippen LogP contribution is -2.38. The molecule has 1 aromatic carbocycles. The number of hydrogen-bond acceptors (Lipinski definition) is 5. The summed E-state index contributed by atoms with van der Waals surface area (Å²) in [5.74, 6) is 2.56. The second kappa shape index (κ2) is 8.73. The number of nitrogens with one attached hydrogen (secondary N) is 2. The summed E-state index contributed by atoms with van der Waals surface area (Å²) in [7, 11) is 0. The van der Waals surface area contributed by atoms with Crippen molar-refractivity contribution in [2.45, 2.75) is 45.2 Å². The van der Waals surface area contributed by atoms with Gasteiger partial charge in [-0.05, 0) is 44.2 Å². The van der Waals surface area contributed by atoms with Gasteiger partial charge in [0.15, 0.2) is 0 Å². The molecule has 3 heterocycles. The lowest BCUT2D eigenvalue weighted by Gasteiger charge is -2.19. The number of anilines is 1. The van der Waals surface area contributed by atoms with Crippen LogP contribution in [0.4, 0.5) is 5.69 Å². The molecule has 7 nitrogen and oxygen atoms in total. The van der Waals surface area contributed by atoms with E-state index in [9.17, 15) is 4.79 Å². The number of carbonyl (C=O) groups excluding carboxylic acids is 1. The van der Waals surface area contributed by atoms with Crippen LogP contribution in [-0.2, 0) is 17.8 Å². The van der Waals surface area contributed by atoms with Crippen molar-refractivity contribution in [3.8, 4) is 0 Å². The number of amides is 1. The first-order chi connectivity index (χ1) is 13.7. The molecule has 0 unspecified atom stereocenters. The molecule has 0 saturated carbocycles. The smallest absolute Gasteiger partial charge is 0.233 e. The number of rotatable bonds is 7. The molecule has 0 radical (unpaired) electrons. The van der Waals surface area contributed by atoms with E-state index in [0.717, 1.165) is 50.7 Å². The normalized spacial score (nSPS) is 20.0. The Balaban J connectivity index is 1.20. The minimum atomic E-state index is 0.0187. The van der Waals surface area contributed by atoms with Gasteiger partial charge in [-0.25, -0.2) is 0 Å². The third-order valence-electron chi connectivity index (χ3n) is 5.84. The molecular formula is C21H30N6O. The lowest BCUT2D eigenvalue weighted by molar-refractivity contribution is -0.120. The summed E-state index contributed by atoms with van der Waals surface area (Å²) in [6, 6.07) is 10.5. The van der Waals surface area contributed by atoms with Crippen molar-refractivity contribution in [2.75, 3.05) is 31.1 Å². The van der Waals surface area contributed by atoms with Crippen molar-refractivity contribution in [2.24, 2.45) is 5.92 Å². The minimum absolute atomic E-state index is 0.0187. The van der Waals surface area contributed by atoms with E-state index >= 15 is 0 Å². The number of para-hydroxylation sites is 1. The van der Waals surface area contributed by atoms with Crippen LogP contribution in [0.1, 0.15) is 43.9 Å². The summed E-state index contributed by atoms with van der Waals surface area (Å²) in [5.41, 5.74) is 1.27. The molecule has 2 N–H and O–H groups in total. The second-order valence-corrected chi connectivity index (χ2v) is 7.93. The average molecular weight is 383 g/mol. The quantitative estimate of drug-likeness (QED) is 0.765. The van der Waals surface area contributed by atoms with Crippen LogP contribution in [0, 0.1) is 5.92 Å². The minimum Gasteiger partial charge on any atom is -0.371 e. The maximum absolute atomic E-state index is 12.3. The topological polar surface area (TPSA) is 75.1 Å². The van der Waals surface area contributed by atoms with Crippen molar-refractivity contribution < 1.29 is 4.79 Å². The molecule has 0 spiro atoms. The standard InChI is InChI=1S/C21H30N6O/c1-16(21-25-24-19-9-5-6-11-27(19)21)22-14-20(28)23-13-17-10-12-26(15-17)18-7-3-2-4-8-18/h2-4,7-8,16-17,22H,5-6,9-15H2,1H3,(H,23,28)/t16-,17-/m1/s1. The monoisotopic (exact) mass is 382 g/mol. The molecule has 1 fully saturated rings. The largest absolute Gasteiger partial charge is 0.371 e. The number of hydrogen-bond donors (Lipinski definition) is 2. The molecule has 2 aromatic rings. The highest BCUT2D eigenvalue weighted by molar-refractivity contribution is 5.78. The fourth-order valence-electron chi connectivity index (χ4n) is 4.18. The Hall–Kier alpha value is -2.41. The van der Waals surface area contributed by atoms with Gasteiger partial charge in [-0.3, -0.25) is 10.1 Å². The molecule has 1 saturated heterocycles. The summed E-state index contributed by atoms with van der Waals surface area (Å²) in [6.07, 6.45) is 4.48. The fourth-order valence-corrected chi connectivity index (χ4v) is 4.18. The van der Waals surface area contributed by atoms with Gasteiger partial charge in [-0.2, -0.15) is 0 Å². The first kappa shape index (κ1) is 18.9. The molecule has 0 aliphatic carbocycles. The van der Waals surface area contributed by atoms with Crippen LogP contribution in [0.15, 0.2) is 30.3 Å². The number of fused-ring (bicyclic) bond motifs is 1. The van der Waals surface area contributed by atoms with Crippen molar-refractivity contribution in [3.63, 3.8) is 0 Å². The van der Waals surface area contributed by atoms with Crippen molar-refractivity contribution in [3.05, 3.63) is 42.0 Å². The van der Waals surface area contributed by atoms with E-state index in [1.807, 2.05) is 13.0 Å². The molecule has 0 bridgehead atoms. The maximum atomic E-state index is 12.3. The Labute approximate surface area is 166 Å². The Bertz CT molecular complexity index is 789. The number of aryl methyl sites for hydroxylation is 1. The molecule has 4 rings (SSSR count). The van der Waals surface area contributed by atoms with E-state index in [1.165, 1.54) is 18.5 Å². The molecule has 2 aliphatic rings. The zero-order chi connectivity index (χ0) is 19.3. The van der Waals surface area contributed by atoms with Gasteiger partial charge >= 0.3 is 0 Å². The van der Waals surface area contributed by atoms with Gasteiger partial charge < -0.3 is 14.8 Å². The van der Waals surface area contributed by atoms with E-state index in [-0.39, 0.29) is 11.9 Å². The van der Waals surface area contributed by atoms with Crippen LogP contribution in [0.2, 0.25) is 0 Å². The van der Waals surface area contributed by atoms with E-state index < -0.39 is 0 Å². The summed E-state index contributed by atoms with van der Waals surface area (Å²) in [4.78, 5) is 14.7. The summed E-state index contributed by atoms with van der Waals surface area (Å²) in [6.45, 7) is 6.12. The first-order valence-corrected chi connectivity index (χ1v) is 10.4. The molecule has 28 heavy (non-hydrogen) atoms. The summed E-state index contributed by atoms with van der Waals surface area (Å²) >= 11 is 0. The van der Waals surface area contributed by atoms with Crippen LogP contribution in [-0.4, -0.2) is 46.9 Å². The fraction of sp³-hybridized carbons (Fsp3) is 0.571. The van der Waals surface area contributed by atoms with E-state index in [1.54, 1.807) is 0 Å². The number of nitrogens with zero attached hydrogens (tertiary/aromatic N) is 4. The molecule has 1 aromatic heterocycles. The third kappa shape index (κ3) is 4.35. The summed E-state index contributed by atoms with van der Waals surface area (Å²) in [5, 5.41) is 15.0. The first-order valence-electron chi connectivity index (χ1n) is 10.4. The van der Waals surface area contributed by atoms with Crippen molar-refractivity contribution in [1.29, 1.82) is 0 Å². The van der Waals surface area contributed by atoms with E-state index in [0.29, 0.717) is 12.5 Å². The Kier molecular flexibility index (Phi) is 5.90. The van der Waals surface area contributed by atoms with Crippen LogP contribution < -0.4 is 15.5 Å². The van der Waals surface area contributed by atoms with E-state index in [2.05, 4.69) is 54.6 Å². The molecule has 2 aliphatic heterocycles. The number of aromatic nitrogens is 3. The molecule has 1 amide bonds. The molecular weight excluding hydrogens is 352 g/mol. The van der Waals surface area contributed by atoms with Gasteiger partial charge in [0.2, 0.25) is 5.91 Å². The third-order valence-corrected chi connectivity index (χ3v) is 5.84.